The molecule has 0 bridgehead atoms. The number of ether oxygens (including phenoxy) is 3. The molecule has 0 saturated carbocycles. The summed E-state index contributed by atoms with van der Waals surface area (Å²) in [7, 11) is 3.09. The average molecular weight is 474 g/mol. The SMILES string of the molecule is COc1cc2nccc(Oc3ccc(N4CCN(Cc5ccccc5)C4=O)cc3F)c2cc1OC. The number of benzene rings is 3. The van der Waals surface area contributed by atoms with Crippen LogP contribution in [0.4, 0.5) is 14.9 Å². The molecule has 1 saturated heterocycles. The topological polar surface area (TPSA) is 64.1 Å². The Morgan fingerprint density at radius 1 is 0.886 bits per heavy atom. The Morgan fingerprint density at radius 3 is 2.40 bits per heavy atom. The first-order valence-corrected chi connectivity index (χ1v) is 11.2. The zero-order valence-corrected chi connectivity index (χ0v) is 19.4. The van der Waals surface area contributed by atoms with Crippen molar-refractivity contribution in [2.75, 3.05) is 32.2 Å². The predicted molar refractivity (Wildman–Crippen MR) is 131 cm³/mol. The maximum atomic E-state index is 15.1. The lowest BCUT2D eigenvalue weighted by atomic mass is 10.1. The van der Waals surface area contributed by atoms with Crippen LogP contribution in [0.1, 0.15) is 5.56 Å². The van der Waals surface area contributed by atoms with Gasteiger partial charge in [-0.1, -0.05) is 30.3 Å². The molecule has 0 spiro atoms. The van der Waals surface area contributed by atoms with E-state index in [0.717, 1.165) is 5.56 Å². The molecule has 5 rings (SSSR count). The van der Waals surface area contributed by atoms with Crippen LogP contribution in [0.25, 0.3) is 10.9 Å². The zero-order chi connectivity index (χ0) is 24.4. The largest absolute Gasteiger partial charge is 0.493 e. The highest BCUT2D eigenvalue weighted by molar-refractivity contribution is 5.94. The van der Waals surface area contributed by atoms with Gasteiger partial charge in [-0.15, -0.1) is 0 Å². The van der Waals surface area contributed by atoms with Crippen molar-refractivity contribution in [3.05, 3.63) is 84.3 Å². The van der Waals surface area contributed by atoms with Gasteiger partial charge in [0.15, 0.2) is 23.1 Å². The summed E-state index contributed by atoms with van der Waals surface area (Å²) in [5, 5.41) is 0.653. The average Bonchev–Trinajstić information content (AvgIpc) is 3.24. The van der Waals surface area contributed by atoms with Crippen molar-refractivity contribution in [1.82, 2.24) is 9.88 Å². The molecule has 2 amide bonds. The van der Waals surface area contributed by atoms with Crippen LogP contribution in [0.15, 0.2) is 72.9 Å². The maximum Gasteiger partial charge on any atom is 0.324 e. The van der Waals surface area contributed by atoms with Crippen LogP contribution in [0, 0.1) is 5.82 Å². The van der Waals surface area contributed by atoms with Crippen molar-refractivity contribution < 1.29 is 23.4 Å². The summed E-state index contributed by atoms with van der Waals surface area (Å²) in [6.07, 6.45) is 1.58. The number of fused-ring (bicyclic) bond motifs is 1. The van der Waals surface area contributed by atoms with E-state index in [0.29, 0.717) is 53.5 Å². The van der Waals surface area contributed by atoms with Gasteiger partial charge < -0.3 is 19.1 Å². The summed E-state index contributed by atoms with van der Waals surface area (Å²) < 4.78 is 31.7. The molecular weight excluding hydrogens is 449 g/mol. The molecule has 3 aromatic carbocycles. The summed E-state index contributed by atoms with van der Waals surface area (Å²) in [5.74, 6) is 0.956. The summed E-state index contributed by atoms with van der Waals surface area (Å²) in [5.41, 5.74) is 2.16. The Hall–Kier alpha value is -4.33. The van der Waals surface area contributed by atoms with Gasteiger partial charge in [0, 0.05) is 49.0 Å². The second-order valence-corrected chi connectivity index (χ2v) is 8.09. The Morgan fingerprint density at radius 2 is 1.66 bits per heavy atom. The van der Waals surface area contributed by atoms with Gasteiger partial charge in [-0.2, -0.15) is 0 Å². The minimum absolute atomic E-state index is 0.0452. The Balaban J connectivity index is 1.36. The second kappa shape index (κ2) is 9.50. The third-order valence-electron chi connectivity index (χ3n) is 5.97. The highest BCUT2D eigenvalue weighted by Crippen LogP contribution is 2.38. The highest BCUT2D eigenvalue weighted by Gasteiger charge is 2.30. The van der Waals surface area contributed by atoms with Gasteiger partial charge in [-0.3, -0.25) is 9.88 Å². The lowest BCUT2D eigenvalue weighted by Crippen LogP contribution is -2.31. The van der Waals surface area contributed by atoms with Gasteiger partial charge in [0.2, 0.25) is 0 Å². The monoisotopic (exact) mass is 473 g/mol. The van der Waals surface area contributed by atoms with Crippen molar-refractivity contribution in [3.63, 3.8) is 0 Å². The van der Waals surface area contributed by atoms with E-state index in [9.17, 15) is 4.79 Å². The van der Waals surface area contributed by atoms with Crippen molar-refractivity contribution in [3.8, 4) is 23.0 Å². The molecule has 0 N–H and O–H groups in total. The third-order valence-corrected chi connectivity index (χ3v) is 5.97. The van der Waals surface area contributed by atoms with Gasteiger partial charge in [0.25, 0.3) is 0 Å². The number of urea groups is 1. The van der Waals surface area contributed by atoms with Crippen LogP contribution < -0.4 is 19.1 Å². The summed E-state index contributed by atoms with van der Waals surface area (Å²) in [6, 6.07) is 19.3. The number of hydrogen-bond donors (Lipinski definition) is 0. The molecule has 35 heavy (non-hydrogen) atoms. The van der Waals surface area contributed by atoms with E-state index in [1.165, 1.54) is 12.1 Å². The molecule has 0 atom stereocenters. The van der Waals surface area contributed by atoms with Crippen LogP contribution in [-0.2, 0) is 6.54 Å². The first kappa shape index (κ1) is 22.5. The number of halogens is 1. The molecule has 1 fully saturated rings. The van der Waals surface area contributed by atoms with Crippen LogP contribution >= 0.6 is 0 Å². The number of rotatable bonds is 7. The highest BCUT2D eigenvalue weighted by atomic mass is 19.1. The maximum absolute atomic E-state index is 15.1. The molecule has 0 aliphatic carbocycles. The molecule has 2 heterocycles. The lowest BCUT2D eigenvalue weighted by molar-refractivity contribution is 0.219. The normalized spacial score (nSPS) is 13.4. The van der Waals surface area contributed by atoms with Crippen molar-refractivity contribution in [2.24, 2.45) is 0 Å². The van der Waals surface area contributed by atoms with Crippen LogP contribution in [-0.4, -0.2) is 43.2 Å². The second-order valence-electron chi connectivity index (χ2n) is 8.09. The quantitative estimate of drug-likeness (QED) is 0.348. The number of pyridine rings is 1. The first-order valence-electron chi connectivity index (χ1n) is 11.2. The fraction of sp³-hybridized carbons (Fsp3) is 0.185. The zero-order valence-electron chi connectivity index (χ0n) is 19.4. The predicted octanol–water partition coefficient (Wildman–Crippen LogP) is 5.63. The summed E-state index contributed by atoms with van der Waals surface area (Å²) in [4.78, 5) is 20.6. The number of anilines is 1. The fourth-order valence-corrected chi connectivity index (χ4v) is 4.17. The minimum Gasteiger partial charge on any atom is -0.493 e. The van der Waals surface area contributed by atoms with E-state index < -0.39 is 5.82 Å². The molecule has 4 aromatic rings. The fourth-order valence-electron chi connectivity index (χ4n) is 4.17. The van der Waals surface area contributed by atoms with E-state index in [-0.39, 0.29) is 11.8 Å². The molecule has 1 aliphatic rings. The Kier molecular flexibility index (Phi) is 6.10. The van der Waals surface area contributed by atoms with Crippen LogP contribution in [0.3, 0.4) is 0 Å². The Bertz CT molecular complexity index is 1380. The van der Waals surface area contributed by atoms with Gasteiger partial charge in [0.1, 0.15) is 5.75 Å². The van der Waals surface area contributed by atoms with E-state index in [1.54, 1.807) is 54.5 Å². The molecule has 178 valence electrons. The van der Waals surface area contributed by atoms with E-state index in [4.69, 9.17) is 14.2 Å². The summed E-state index contributed by atoms with van der Waals surface area (Å²) in [6.45, 7) is 1.58. The van der Waals surface area contributed by atoms with Gasteiger partial charge in [-0.05, 0) is 29.8 Å². The smallest absolute Gasteiger partial charge is 0.324 e. The number of aromatic nitrogens is 1. The lowest BCUT2D eigenvalue weighted by Gasteiger charge is -2.19. The molecule has 7 nitrogen and oxygen atoms in total. The number of hydrogen-bond acceptors (Lipinski definition) is 5. The van der Waals surface area contributed by atoms with E-state index >= 15 is 4.39 Å². The molecule has 0 radical (unpaired) electrons. The van der Waals surface area contributed by atoms with Gasteiger partial charge >= 0.3 is 6.03 Å². The van der Waals surface area contributed by atoms with Crippen molar-refractivity contribution >= 4 is 22.6 Å². The molecular formula is C27H24FN3O4. The number of nitrogens with zero attached hydrogens (tertiary/aromatic N) is 3. The minimum atomic E-state index is -0.567. The first-order chi connectivity index (χ1) is 17.1. The van der Waals surface area contributed by atoms with Crippen molar-refractivity contribution in [2.45, 2.75) is 6.54 Å². The van der Waals surface area contributed by atoms with Crippen molar-refractivity contribution in [1.29, 1.82) is 0 Å². The van der Waals surface area contributed by atoms with Gasteiger partial charge in [-0.25, -0.2) is 9.18 Å². The summed E-state index contributed by atoms with van der Waals surface area (Å²) >= 11 is 0. The molecule has 8 heteroatoms. The standard InChI is InChI=1S/C27H24FN3O4/c1-33-25-15-20-22(16-26(25)34-2)29-11-10-23(20)35-24-9-8-19(14-21(24)28)31-13-12-30(27(31)32)17-18-6-4-3-5-7-18/h3-11,14-16H,12-13,17H2,1-2H3. The van der Waals surface area contributed by atoms with Crippen LogP contribution in [0.2, 0.25) is 0 Å². The molecule has 0 unspecified atom stereocenters. The van der Waals surface area contributed by atoms with Gasteiger partial charge in [0.05, 0.1) is 19.7 Å². The van der Waals surface area contributed by atoms with Crippen LogP contribution in [0.5, 0.6) is 23.0 Å². The Labute approximate surface area is 202 Å². The number of carbonyl (C=O) groups excluding carboxylic acids is 1. The number of methoxy groups -OCH3 is 2. The van der Waals surface area contributed by atoms with E-state index in [2.05, 4.69) is 4.98 Å². The third kappa shape index (κ3) is 4.42. The van der Waals surface area contributed by atoms with E-state index in [1.807, 2.05) is 30.3 Å². The number of amides is 2. The molecule has 1 aliphatic heterocycles. The number of carbonyl (C=O) groups is 1. The molecule has 1 aromatic heterocycles.